The van der Waals surface area contributed by atoms with E-state index in [1.807, 2.05) is 6.92 Å². The van der Waals surface area contributed by atoms with Crippen molar-refractivity contribution in [1.29, 1.82) is 0 Å². The fourth-order valence-electron chi connectivity index (χ4n) is 1.49. The molecule has 1 aliphatic rings. The first-order valence-corrected chi connectivity index (χ1v) is 7.34. The van der Waals surface area contributed by atoms with Crippen LogP contribution in [-0.2, 0) is 10.0 Å². The zero-order valence-corrected chi connectivity index (χ0v) is 11.4. The predicted octanol–water partition coefficient (Wildman–Crippen LogP) is 2.14. The molecule has 3 N–H and O–H groups in total. The van der Waals surface area contributed by atoms with Crippen LogP contribution in [-0.4, -0.2) is 15.0 Å². The van der Waals surface area contributed by atoms with Crippen LogP contribution in [0.15, 0.2) is 17.0 Å². The van der Waals surface area contributed by atoms with E-state index in [-0.39, 0.29) is 21.0 Å². The molecule has 100 valence electrons. The zero-order chi connectivity index (χ0) is 13.6. The van der Waals surface area contributed by atoms with E-state index in [0.29, 0.717) is 6.54 Å². The van der Waals surface area contributed by atoms with E-state index < -0.39 is 15.8 Å². The van der Waals surface area contributed by atoms with Gasteiger partial charge in [-0.3, -0.25) is 0 Å². The molecular formula is C11H14ClFN2O2S. The Balaban J connectivity index is 2.26. The number of nitrogens with two attached hydrogens (primary N) is 1. The van der Waals surface area contributed by atoms with Gasteiger partial charge >= 0.3 is 0 Å². The molecule has 0 aliphatic heterocycles. The van der Waals surface area contributed by atoms with Crippen LogP contribution in [0.2, 0.25) is 5.02 Å². The number of nitrogen functional groups attached to an aromatic ring is 1. The number of rotatable bonds is 4. The molecule has 0 bridgehead atoms. The molecule has 0 saturated heterocycles. The number of hydrogen-bond donors (Lipinski definition) is 2. The second-order valence-electron chi connectivity index (χ2n) is 4.94. The summed E-state index contributed by atoms with van der Waals surface area (Å²) in [5.41, 5.74) is 5.15. The SMILES string of the molecule is CC1(CNS(=O)(=O)c2cc(N)c(F)cc2Cl)CC1. The van der Waals surface area contributed by atoms with Crippen molar-refractivity contribution >= 4 is 27.3 Å². The van der Waals surface area contributed by atoms with E-state index in [1.165, 1.54) is 0 Å². The van der Waals surface area contributed by atoms with Crippen molar-refractivity contribution in [2.75, 3.05) is 12.3 Å². The minimum absolute atomic E-state index is 0.0329. The van der Waals surface area contributed by atoms with Crippen molar-refractivity contribution in [3.8, 4) is 0 Å². The third kappa shape index (κ3) is 2.76. The fraction of sp³-hybridized carbons (Fsp3) is 0.455. The second-order valence-corrected chi connectivity index (χ2v) is 7.08. The van der Waals surface area contributed by atoms with E-state index in [0.717, 1.165) is 25.0 Å². The van der Waals surface area contributed by atoms with Gasteiger partial charge in [0, 0.05) is 6.54 Å². The largest absolute Gasteiger partial charge is 0.396 e. The molecule has 1 saturated carbocycles. The Hall–Kier alpha value is -0.850. The Kier molecular flexibility index (Phi) is 3.29. The Labute approximate surface area is 110 Å². The molecule has 1 fully saturated rings. The van der Waals surface area contributed by atoms with Crippen molar-refractivity contribution in [2.24, 2.45) is 5.41 Å². The van der Waals surface area contributed by atoms with E-state index in [2.05, 4.69) is 4.72 Å². The Morgan fingerprint density at radius 2 is 2.11 bits per heavy atom. The van der Waals surface area contributed by atoms with Crippen molar-refractivity contribution in [3.05, 3.63) is 23.0 Å². The molecule has 0 aromatic heterocycles. The summed E-state index contributed by atoms with van der Waals surface area (Å²) >= 11 is 5.74. The van der Waals surface area contributed by atoms with Gasteiger partial charge in [0.15, 0.2) is 0 Å². The second kappa shape index (κ2) is 4.36. The summed E-state index contributed by atoms with van der Waals surface area (Å²) in [5.74, 6) is -0.729. The summed E-state index contributed by atoms with van der Waals surface area (Å²) in [6.07, 6.45) is 1.99. The summed E-state index contributed by atoms with van der Waals surface area (Å²) in [5, 5.41) is -0.171. The normalized spacial score (nSPS) is 17.7. The first kappa shape index (κ1) is 13.6. The first-order valence-electron chi connectivity index (χ1n) is 5.48. The number of nitrogens with one attached hydrogen (secondary N) is 1. The highest BCUT2D eigenvalue weighted by molar-refractivity contribution is 7.89. The van der Waals surface area contributed by atoms with Gasteiger partial charge in [0.1, 0.15) is 10.7 Å². The van der Waals surface area contributed by atoms with E-state index >= 15 is 0 Å². The van der Waals surface area contributed by atoms with Crippen LogP contribution >= 0.6 is 11.6 Å². The molecule has 0 amide bonds. The predicted molar refractivity (Wildman–Crippen MR) is 68.4 cm³/mol. The van der Waals surface area contributed by atoms with Crippen LogP contribution in [0.5, 0.6) is 0 Å². The van der Waals surface area contributed by atoms with E-state index in [1.54, 1.807) is 0 Å². The zero-order valence-electron chi connectivity index (χ0n) is 9.83. The highest BCUT2D eigenvalue weighted by Gasteiger charge is 2.38. The topological polar surface area (TPSA) is 72.2 Å². The van der Waals surface area contributed by atoms with Gasteiger partial charge in [-0.05, 0) is 30.4 Å². The maximum atomic E-state index is 13.1. The fourth-order valence-corrected chi connectivity index (χ4v) is 3.23. The van der Waals surface area contributed by atoms with Crippen molar-refractivity contribution < 1.29 is 12.8 Å². The van der Waals surface area contributed by atoms with Crippen LogP contribution in [0.3, 0.4) is 0 Å². The molecule has 0 spiro atoms. The van der Waals surface area contributed by atoms with Crippen molar-refractivity contribution in [1.82, 2.24) is 4.72 Å². The summed E-state index contributed by atoms with van der Waals surface area (Å²) in [7, 11) is -3.75. The van der Waals surface area contributed by atoms with Crippen LogP contribution < -0.4 is 10.5 Å². The lowest BCUT2D eigenvalue weighted by Crippen LogP contribution is -2.29. The van der Waals surface area contributed by atoms with Gasteiger partial charge in [0.2, 0.25) is 10.0 Å². The van der Waals surface area contributed by atoms with Gasteiger partial charge in [0.05, 0.1) is 10.7 Å². The number of halogens is 2. The van der Waals surface area contributed by atoms with Gasteiger partial charge in [-0.2, -0.15) is 0 Å². The van der Waals surface area contributed by atoms with Crippen LogP contribution in [0.25, 0.3) is 0 Å². The molecule has 0 heterocycles. The molecule has 1 aliphatic carbocycles. The van der Waals surface area contributed by atoms with Crippen LogP contribution in [0.1, 0.15) is 19.8 Å². The number of anilines is 1. The third-order valence-electron chi connectivity index (χ3n) is 3.13. The lowest BCUT2D eigenvalue weighted by molar-refractivity contribution is 0.530. The Bertz CT molecular complexity index is 585. The first-order chi connectivity index (χ1) is 8.23. The molecule has 0 unspecified atom stereocenters. The molecule has 18 heavy (non-hydrogen) atoms. The minimum Gasteiger partial charge on any atom is -0.396 e. The molecule has 1 aromatic carbocycles. The van der Waals surface area contributed by atoms with Gasteiger partial charge in [-0.15, -0.1) is 0 Å². The van der Waals surface area contributed by atoms with Crippen LogP contribution in [0.4, 0.5) is 10.1 Å². The molecule has 2 rings (SSSR count). The number of sulfonamides is 1. The molecule has 4 nitrogen and oxygen atoms in total. The monoisotopic (exact) mass is 292 g/mol. The van der Waals surface area contributed by atoms with Crippen LogP contribution in [0, 0.1) is 11.2 Å². The average molecular weight is 293 g/mol. The Morgan fingerprint density at radius 1 is 1.50 bits per heavy atom. The van der Waals surface area contributed by atoms with Crippen molar-refractivity contribution in [3.63, 3.8) is 0 Å². The lowest BCUT2D eigenvalue weighted by Gasteiger charge is -2.12. The average Bonchev–Trinajstić information content (AvgIpc) is 3.00. The quantitative estimate of drug-likeness (QED) is 0.835. The van der Waals surface area contributed by atoms with Gasteiger partial charge in [0.25, 0.3) is 0 Å². The summed E-state index contributed by atoms with van der Waals surface area (Å²) < 4.78 is 39.6. The highest BCUT2D eigenvalue weighted by atomic mass is 35.5. The molecule has 7 heteroatoms. The molecular weight excluding hydrogens is 279 g/mol. The van der Waals surface area contributed by atoms with E-state index in [4.69, 9.17) is 17.3 Å². The summed E-state index contributed by atoms with van der Waals surface area (Å²) in [6.45, 7) is 2.35. The Morgan fingerprint density at radius 3 is 2.67 bits per heavy atom. The lowest BCUT2D eigenvalue weighted by atomic mass is 10.2. The minimum atomic E-state index is -3.75. The smallest absolute Gasteiger partial charge is 0.242 e. The molecule has 0 atom stereocenters. The van der Waals surface area contributed by atoms with Gasteiger partial charge < -0.3 is 5.73 Å². The molecule has 0 radical (unpaired) electrons. The highest BCUT2D eigenvalue weighted by Crippen LogP contribution is 2.44. The van der Waals surface area contributed by atoms with E-state index in [9.17, 15) is 12.8 Å². The van der Waals surface area contributed by atoms with Gasteiger partial charge in [-0.1, -0.05) is 18.5 Å². The summed E-state index contributed by atoms with van der Waals surface area (Å²) in [6, 6.07) is 1.94. The number of benzene rings is 1. The number of hydrogen-bond acceptors (Lipinski definition) is 3. The third-order valence-corrected chi connectivity index (χ3v) is 5.00. The maximum Gasteiger partial charge on any atom is 0.242 e. The maximum absolute atomic E-state index is 13.1. The van der Waals surface area contributed by atoms with Gasteiger partial charge in [-0.25, -0.2) is 17.5 Å². The standard InChI is InChI=1S/C11H14ClFN2O2S/c1-11(2-3-11)6-15-18(16,17)10-5-9(14)8(13)4-7(10)12/h4-5,15H,2-3,6,14H2,1H3. The summed E-state index contributed by atoms with van der Waals surface area (Å²) in [4.78, 5) is -0.188. The van der Waals surface area contributed by atoms with Crippen molar-refractivity contribution in [2.45, 2.75) is 24.7 Å². The molecule has 1 aromatic rings.